The van der Waals surface area contributed by atoms with E-state index in [2.05, 4.69) is 12.6 Å². The van der Waals surface area contributed by atoms with Crippen LogP contribution in [0.3, 0.4) is 0 Å². The summed E-state index contributed by atoms with van der Waals surface area (Å²) in [5.41, 5.74) is 1.04. The Bertz CT molecular complexity index is 184. The van der Waals surface area contributed by atoms with Crippen molar-refractivity contribution in [2.24, 2.45) is 5.92 Å². The summed E-state index contributed by atoms with van der Waals surface area (Å²) in [5.74, 6) is 0.138. The van der Waals surface area contributed by atoms with E-state index < -0.39 is 0 Å². The first-order chi connectivity index (χ1) is 5.24. The Morgan fingerprint density at radius 1 is 1.73 bits per heavy atom. The first-order valence-corrected chi connectivity index (χ1v) is 3.94. The Morgan fingerprint density at radius 2 is 2.36 bits per heavy atom. The molecule has 0 saturated carbocycles. The first kappa shape index (κ1) is 9.97. The van der Waals surface area contributed by atoms with Crippen LogP contribution in [0.25, 0.3) is 0 Å². The monoisotopic (exact) mass is 149 g/mol. The van der Waals surface area contributed by atoms with Crippen molar-refractivity contribution in [3.63, 3.8) is 0 Å². The van der Waals surface area contributed by atoms with Crippen molar-refractivity contribution in [2.45, 2.75) is 26.7 Å². The molecule has 0 aromatic rings. The molecule has 0 spiro atoms. The predicted octanol–water partition coefficient (Wildman–Crippen LogP) is 3.06. The highest BCUT2D eigenvalue weighted by Crippen LogP contribution is 2.13. The van der Waals surface area contributed by atoms with Crippen molar-refractivity contribution in [3.05, 3.63) is 24.3 Å². The summed E-state index contributed by atoms with van der Waals surface area (Å²) < 4.78 is 0. The van der Waals surface area contributed by atoms with Crippen molar-refractivity contribution in [1.82, 2.24) is 0 Å². The van der Waals surface area contributed by atoms with Crippen LogP contribution in [0.5, 0.6) is 0 Å². The van der Waals surface area contributed by atoms with Crippen molar-refractivity contribution < 1.29 is 0 Å². The Kier molecular flexibility index (Phi) is 5.20. The first-order valence-electron chi connectivity index (χ1n) is 3.94. The smallest absolute Gasteiger partial charge is 0.0659 e. The molecule has 0 rings (SSSR count). The molecule has 0 aliphatic rings. The summed E-state index contributed by atoms with van der Waals surface area (Å²) in [6.07, 6.45) is 5.62. The van der Waals surface area contributed by atoms with Gasteiger partial charge in [0.2, 0.25) is 0 Å². The molecule has 1 atom stereocenters. The number of rotatable bonds is 4. The van der Waals surface area contributed by atoms with E-state index >= 15 is 0 Å². The molecule has 0 heterocycles. The minimum Gasteiger partial charge on any atom is -0.198 e. The second kappa shape index (κ2) is 5.73. The summed E-state index contributed by atoms with van der Waals surface area (Å²) in [6.45, 7) is 7.82. The van der Waals surface area contributed by atoms with E-state index in [4.69, 9.17) is 5.26 Å². The lowest BCUT2D eigenvalue weighted by Gasteiger charge is -2.03. The largest absolute Gasteiger partial charge is 0.198 e. The molecule has 0 bridgehead atoms. The van der Waals surface area contributed by atoms with Gasteiger partial charge in [-0.1, -0.05) is 31.2 Å². The summed E-state index contributed by atoms with van der Waals surface area (Å²) >= 11 is 0. The SMILES string of the molecule is C=C(/C=C\C)CC(C#N)CC. The van der Waals surface area contributed by atoms with Gasteiger partial charge in [-0.3, -0.25) is 0 Å². The van der Waals surface area contributed by atoms with Crippen LogP contribution in [-0.4, -0.2) is 0 Å². The van der Waals surface area contributed by atoms with Crippen LogP contribution >= 0.6 is 0 Å². The average molecular weight is 149 g/mol. The van der Waals surface area contributed by atoms with E-state index in [1.165, 1.54) is 0 Å². The Balaban J connectivity index is 3.84. The molecule has 0 aromatic heterocycles. The fourth-order valence-corrected chi connectivity index (χ4v) is 0.902. The molecule has 0 aromatic carbocycles. The van der Waals surface area contributed by atoms with Gasteiger partial charge in [-0.25, -0.2) is 0 Å². The highest BCUT2D eigenvalue weighted by molar-refractivity contribution is 5.15. The van der Waals surface area contributed by atoms with Crippen molar-refractivity contribution in [2.75, 3.05) is 0 Å². The van der Waals surface area contributed by atoms with Gasteiger partial charge < -0.3 is 0 Å². The van der Waals surface area contributed by atoms with Crippen LogP contribution in [0.1, 0.15) is 26.7 Å². The predicted molar refractivity (Wildman–Crippen MR) is 48.0 cm³/mol. The van der Waals surface area contributed by atoms with Gasteiger partial charge in [0.15, 0.2) is 0 Å². The van der Waals surface area contributed by atoms with E-state index in [-0.39, 0.29) is 5.92 Å². The van der Waals surface area contributed by atoms with Gasteiger partial charge in [0.1, 0.15) is 0 Å². The number of nitrogens with zero attached hydrogens (tertiary/aromatic N) is 1. The molecule has 60 valence electrons. The lowest BCUT2D eigenvalue weighted by atomic mass is 9.99. The van der Waals surface area contributed by atoms with Crippen molar-refractivity contribution in [1.29, 1.82) is 5.26 Å². The van der Waals surface area contributed by atoms with Crippen LogP contribution in [0.4, 0.5) is 0 Å². The maximum atomic E-state index is 8.63. The normalized spacial score (nSPS) is 12.8. The fourth-order valence-electron chi connectivity index (χ4n) is 0.902. The molecule has 0 saturated heterocycles. The third-order valence-corrected chi connectivity index (χ3v) is 1.59. The molecule has 11 heavy (non-hydrogen) atoms. The number of hydrogen-bond acceptors (Lipinski definition) is 1. The quantitative estimate of drug-likeness (QED) is 0.563. The Morgan fingerprint density at radius 3 is 2.73 bits per heavy atom. The zero-order valence-electron chi connectivity index (χ0n) is 7.30. The van der Waals surface area contributed by atoms with Crippen molar-refractivity contribution >= 4 is 0 Å². The third-order valence-electron chi connectivity index (χ3n) is 1.59. The molecule has 0 radical (unpaired) electrons. The van der Waals surface area contributed by atoms with Gasteiger partial charge in [-0.2, -0.15) is 5.26 Å². The Labute approximate surface area is 69.0 Å². The second-order valence-corrected chi connectivity index (χ2v) is 2.60. The van der Waals surface area contributed by atoms with Gasteiger partial charge in [-0.15, -0.1) is 0 Å². The van der Waals surface area contributed by atoms with Crippen LogP contribution in [0.15, 0.2) is 24.3 Å². The van der Waals surface area contributed by atoms with Gasteiger partial charge in [0.25, 0.3) is 0 Å². The van der Waals surface area contributed by atoms with Crippen LogP contribution in [0.2, 0.25) is 0 Å². The molecular formula is C10H15N. The Hall–Kier alpha value is -1.03. The van der Waals surface area contributed by atoms with Gasteiger partial charge in [0.05, 0.1) is 12.0 Å². The van der Waals surface area contributed by atoms with Crippen LogP contribution in [-0.2, 0) is 0 Å². The van der Waals surface area contributed by atoms with E-state index in [1.807, 2.05) is 26.0 Å². The third kappa shape index (κ3) is 4.38. The van der Waals surface area contributed by atoms with Gasteiger partial charge >= 0.3 is 0 Å². The van der Waals surface area contributed by atoms with Crippen molar-refractivity contribution in [3.8, 4) is 6.07 Å². The highest BCUT2D eigenvalue weighted by Gasteiger charge is 2.03. The average Bonchev–Trinajstić information content (AvgIpc) is 2.01. The highest BCUT2D eigenvalue weighted by atomic mass is 14.3. The number of hydrogen-bond donors (Lipinski definition) is 0. The molecule has 1 unspecified atom stereocenters. The number of nitriles is 1. The number of allylic oxidation sites excluding steroid dienone is 3. The van der Waals surface area contributed by atoms with E-state index in [1.54, 1.807) is 0 Å². The van der Waals surface area contributed by atoms with E-state index in [0.717, 1.165) is 18.4 Å². The fraction of sp³-hybridized carbons (Fsp3) is 0.500. The maximum Gasteiger partial charge on any atom is 0.0659 e. The van der Waals surface area contributed by atoms with E-state index in [9.17, 15) is 0 Å². The minimum atomic E-state index is 0.138. The zero-order chi connectivity index (χ0) is 8.69. The molecule has 0 fully saturated rings. The molecule has 0 aliphatic heterocycles. The maximum absolute atomic E-state index is 8.63. The molecule has 1 nitrogen and oxygen atoms in total. The topological polar surface area (TPSA) is 23.8 Å². The minimum absolute atomic E-state index is 0.138. The second-order valence-electron chi connectivity index (χ2n) is 2.60. The lowest BCUT2D eigenvalue weighted by molar-refractivity contribution is 0.641. The molecule has 0 N–H and O–H groups in total. The molecular weight excluding hydrogens is 134 g/mol. The van der Waals surface area contributed by atoms with E-state index in [0.29, 0.717) is 0 Å². The van der Waals surface area contributed by atoms with Gasteiger partial charge in [-0.05, 0) is 19.8 Å². The lowest BCUT2D eigenvalue weighted by Crippen LogP contribution is -1.94. The summed E-state index contributed by atoms with van der Waals surface area (Å²) in [4.78, 5) is 0. The molecule has 0 aliphatic carbocycles. The summed E-state index contributed by atoms with van der Waals surface area (Å²) in [5, 5.41) is 8.63. The zero-order valence-corrected chi connectivity index (χ0v) is 7.30. The molecule has 0 amide bonds. The standard InChI is InChI=1S/C10H15N/c1-4-6-9(3)7-10(5-2)8-11/h4,6,10H,3,5,7H2,1-2H3/b6-4-. The van der Waals surface area contributed by atoms with Crippen LogP contribution < -0.4 is 0 Å². The summed E-state index contributed by atoms with van der Waals surface area (Å²) in [6, 6.07) is 2.25. The molecule has 1 heteroatoms. The van der Waals surface area contributed by atoms with Crippen LogP contribution in [0, 0.1) is 17.2 Å². The van der Waals surface area contributed by atoms with Gasteiger partial charge in [0, 0.05) is 0 Å². The summed E-state index contributed by atoms with van der Waals surface area (Å²) in [7, 11) is 0.